The molecule has 0 aromatic heterocycles. The van der Waals surface area contributed by atoms with Crippen LogP contribution in [0.15, 0.2) is 11.6 Å². The topological polar surface area (TPSA) is 40.5 Å². The van der Waals surface area contributed by atoms with Crippen LogP contribution in [0.4, 0.5) is 0 Å². The van der Waals surface area contributed by atoms with Crippen LogP contribution in [0.25, 0.3) is 0 Å². The van der Waals surface area contributed by atoms with Crippen molar-refractivity contribution in [2.24, 2.45) is 56.2 Å². The van der Waals surface area contributed by atoms with Gasteiger partial charge in [-0.15, -0.1) is 0 Å². The molecule has 0 radical (unpaired) electrons. The van der Waals surface area contributed by atoms with Crippen molar-refractivity contribution in [1.29, 1.82) is 0 Å². The molecule has 0 aromatic carbocycles. The van der Waals surface area contributed by atoms with Crippen molar-refractivity contribution < 1.29 is 10.2 Å². The Hall–Kier alpha value is -0.340. The molecule has 5 aliphatic rings. The Bertz CT molecular complexity index is 855. The highest BCUT2D eigenvalue weighted by Gasteiger charge is 2.69. The van der Waals surface area contributed by atoms with Gasteiger partial charge in [-0.2, -0.15) is 0 Å². The summed E-state index contributed by atoms with van der Waals surface area (Å²) >= 11 is 0. The van der Waals surface area contributed by atoms with Crippen LogP contribution < -0.4 is 0 Å². The summed E-state index contributed by atoms with van der Waals surface area (Å²) < 4.78 is 0. The fourth-order valence-electron chi connectivity index (χ4n) is 10.9. The van der Waals surface area contributed by atoms with E-state index in [9.17, 15) is 10.2 Å². The molecule has 10 atom stereocenters. The van der Waals surface area contributed by atoms with Crippen molar-refractivity contribution in [3.05, 3.63) is 11.6 Å². The average Bonchev–Trinajstić information content (AvgIpc) is 2.72. The van der Waals surface area contributed by atoms with Crippen molar-refractivity contribution in [1.82, 2.24) is 0 Å². The molecule has 0 saturated heterocycles. The normalized spacial score (nSPS) is 57.1. The second kappa shape index (κ2) is 6.90. The first kappa shape index (κ1) is 24.4. The maximum atomic E-state index is 11.3. The summed E-state index contributed by atoms with van der Waals surface area (Å²) in [6.45, 7) is 22.2. The number of hydrogen-bond acceptors (Lipinski definition) is 2. The van der Waals surface area contributed by atoms with Crippen molar-refractivity contribution in [3.63, 3.8) is 0 Å². The molecule has 5 rings (SSSR count). The monoisotopic (exact) mass is 456 g/mol. The molecule has 2 heteroatoms. The van der Waals surface area contributed by atoms with Crippen LogP contribution >= 0.6 is 0 Å². The van der Waals surface area contributed by atoms with Gasteiger partial charge in [-0.05, 0) is 102 Å². The minimum atomic E-state index is -0.629. The maximum absolute atomic E-state index is 11.3. The molecule has 0 amide bonds. The van der Waals surface area contributed by atoms with Gasteiger partial charge in [0.05, 0.1) is 12.2 Å². The zero-order valence-corrected chi connectivity index (χ0v) is 23.1. The molecule has 4 fully saturated rings. The highest BCUT2D eigenvalue weighted by Crippen LogP contribution is 2.76. The quantitative estimate of drug-likeness (QED) is 0.373. The van der Waals surface area contributed by atoms with E-state index in [1.54, 1.807) is 5.57 Å². The molecule has 4 saturated carbocycles. The van der Waals surface area contributed by atoms with Gasteiger partial charge >= 0.3 is 0 Å². The highest BCUT2D eigenvalue weighted by atomic mass is 16.3. The molecule has 2 N–H and O–H groups in total. The van der Waals surface area contributed by atoms with E-state index < -0.39 is 12.2 Å². The second-order valence-corrected chi connectivity index (χ2v) is 15.7. The van der Waals surface area contributed by atoms with Gasteiger partial charge < -0.3 is 10.2 Å². The fraction of sp³-hybridized carbons (Fsp3) is 0.935. The first-order chi connectivity index (χ1) is 15.1. The molecule has 0 bridgehead atoms. The number of fused-ring (bicyclic) bond motifs is 7. The van der Waals surface area contributed by atoms with Crippen LogP contribution in [0, 0.1) is 56.2 Å². The standard InChI is InChI=1S/C31H52O2/c1-19-12-14-29(7)22(27(19,4)5)13-15-31(9)23(29)11-10-20-21-18-26(2,3)24(32)25(33)28(21,6)16-17-30(20,31)8/h10,19,21-25,32-33H,11-18H2,1-9H3. The average molecular weight is 457 g/mol. The minimum Gasteiger partial charge on any atom is -0.390 e. The Kier molecular flexibility index (Phi) is 5.10. The van der Waals surface area contributed by atoms with E-state index in [0.717, 1.165) is 37.0 Å². The summed E-state index contributed by atoms with van der Waals surface area (Å²) in [5, 5.41) is 22.3. The molecule has 0 heterocycles. The number of aliphatic hydroxyl groups is 2. The predicted molar refractivity (Wildman–Crippen MR) is 137 cm³/mol. The van der Waals surface area contributed by atoms with Gasteiger partial charge in [-0.3, -0.25) is 0 Å². The van der Waals surface area contributed by atoms with Crippen LogP contribution in [0.5, 0.6) is 0 Å². The Labute approximate surface area is 204 Å². The van der Waals surface area contributed by atoms with Crippen molar-refractivity contribution in [3.8, 4) is 0 Å². The minimum absolute atomic E-state index is 0.202. The molecular weight excluding hydrogens is 404 g/mol. The second-order valence-electron chi connectivity index (χ2n) is 15.7. The van der Waals surface area contributed by atoms with E-state index in [-0.39, 0.29) is 16.2 Å². The van der Waals surface area contributed by atoms with Crippen LogP contribution in [0.3, 0.4) is 0 Å². The third-order valence-corrected chi connectivity index (χ3v) is 13.9. The van der Waals surface area contributed by atoms with Gasteiger partial charge in [0.2, 0.25) is 0 Å². The van der Waals surface area contributed by atoms with Crippen LogP contribution in [-0.4, -0.2) is 22.4 Å². The molecule has 0 aliphatic heterocycles. The van der Waals surface area contributed by atoms with Crippen LogP contribution in [0.1, 0.15) is 114 Å². The SMILES string of the molecule is CC1CCC2(C)C(CCC3(C)C2CC=C2C4CC(C)(C)C(O)C(O)C4(C)CCC23C)C1(C)C. The van der Waals surface area contributed by atoms with Gasteiger partial charge in [0.15, 0.2) is 0 Å². The third-order valence-electron chi connectivity index (χ3n) is 13.9. The Morgan fingerprint density at radius 3 is 2.09 bits per heavy atom. The first-order valence-electron chi connectivity index (χ1n) is 14.1. The Morgan fingerprint density at radius 1 is 0.758 bits per heavy atom. The summed E-state index contributed by atoms with van der Waals surface area (Å²) in [6.07, 6.45) is 11.3. The molecule has 5 aliphatic carbocycles. The number of rotatable bonds is 0. The van der Waals surface area contributed by atoms with Crippen molar-refractivity contribution in [2.45, 2.75) is 126 Å². The van der Waals surface area contributed by atoms with E-state index in [4.69, 9.17) is 0 Å². The summed E-state index contributed by atoms with van der Waals surface area (Å²) in [5.74, 6) is 2.78. The fourth-order valence-corrected chi connectivity index (χ4v) is 10.9. The third kappa shape index (κ3) is 2.80. The van der Waals surface area contributed by atoms with E-state index in [2.05, 4.69) is 68.4 Å². The lowest BCUT2D eigenvalue weighted by atomic mass is 9.33. The van der Waals surface area contributed by atoms with E-state index in [1.165, 1.54) is 32.1 Å². The maximum Gasteiger partial charge on any atom is 0.0863 e. The highest BCUT2D eigenvalue weighted by molar-refractivity contribution is 5.34. The van der Waals surface area contributed by atoms with Crippen molar-refractivity contribution in [2.75, 3.05) is 0 Å². The summed E-state index contributed by atoms with van der Waals surface area (Å²) in [5.41, 5.74) is 2.60. The lowest BCUT2D eigenvalue weighted by Crippen LogP contribution is -2.66. The van der Waals surface area contributed by atoms with Gasteiger partial charge in [-0.1, -0.05) is 74.0 Å². The molecule has 33 heavy (non-hydrogen) atoms. The number of aliphatic hydroxyl groups excluding tert-OH is 2. The van der Waals surface area contributed by atoms with Crippen molar-refractivity contribution >= 4 is 0 Å². The number of allylic oxidation sites excluding steroid dienone is 2. The molecule has 0 aromatic rings. The summed E-state index contributed by atoms with van der Waals surface area (Å²) in [7, 11) is 0. The van der Waals surface area contributed by atoms with E-state index in [1.807, 2.05) is 0 Å². The van der Waals surface area contributed by atoms with Crippen LogP contribution in [-0.2, 0) is 0 Å². The van der Waals surface area contributed by atoms with Gasteiger partial charge in [-0.25, -0.2) is 0 Å². The molecule has 0 spiro atoms. The largest absolute Gasteiger partial charge is 0.390 e. The first-order valence-corrected chi connectivity index (χ1v) is 14.1. The Balaban J connectivity index is 1.58. The van der Waals surface area contributed by atoms with Gasteiger partial charge in [0.1, 0.15) is 0 Å². The molecule has 10 unspecified atom stereocenters. The lowest BCUT2D eigenvalue weighted by molar-refractivity contribution is -0.212. The van der Waals surface area contributed by atoms with Crippen LogP contribution in [0.2, 0.25) is 0 Å². The zero-order chi connectivity index (χ0) is 24.4. The van der Waals surface area contributed by atoms with E-state index in [0.29, 0.717) is 22.2 Å². The zero-order valence-electron chi connectivity index (χ0n) is 23.1. The smallest absolute Gasteiger partial charge is 0.0863 e. The molecular formula is C31H52O2. The lowest BCUT2D eigenvalue weighted by Gasteiger charge is -2.72. The molecule has 2 nitrogen and oxygen atoms in total. The van der Waals surface area contributed by atoms with Gasteiger partial charge in [0.25, 0.3) is 0 Å². The number of hydrogen-bond donors (Lipinski definition) is 2. The predicted octanol–water partition coefficient (Wildman–Crippen LogP) is 7.39. The summed E-state index contributed by atoms with van der Waals surface area (Å²) in [6, 6.07) is 0. The van der Waals surface area contributed by atoms with E-state index >= 15 is 0 Å². The van der Waals surface area contributed by atoms with Gasteiger partial charge in [0, 0.05) is 5.41 Å². The molecule has 188 valence electrons. The summed E-state index contributed by atoms with van der Waals surface area (Å²) in [4.78, 5) is 0. The Morgan fingerprint density at radius 2 is 1.42 bits per heavy atom.